The Bertz CT molecular complexity index is 1290. The Kier molecular flexibility index (Phi) is 11.1. The number of halogens is 1. The Labute approximate surface area is 239 Å². The van der Waals surface area contributed by atoms with Gasteiger partial charge in [-0.3, -0.25) is 0 Å². The summed E-state index contributed by atoms with van der Waals surface area (Å²) in [7, 11) is 2.03. The molecular formula is C34H42FN5. The van der Waals surface area contributed by atoms with Gasteiger partial charge in [0, 0.05) is 48.9 Å². The first-order valence-electron chi connectivity index (χ1n) is 14.5. The third-order valence-corrected chi connectivity index (χ3v) is 7.42. The first kappa shape index (κ1) is 29.3. The van der Waals surface area contributed by atoms with E-state index in [9.17, 15) is 4.39 Å². The highest BCUT2D eigenvalue weighted by atomic mass is 19.1. The van der Waals surface area contributed by atoms with Crippen LogP contribution in [0, 0.1) is 6.92 Å². The van der Waals surface area contributed by atoms with E-state index in [1.807, 2.05) is 32.4 Å². The van der Waals surface area contributed by atoms with Crippen molar-refractivity contribution in [1.82, 2.24) is 20.6 Å². The summed E-state index contributed by atoms with van der Waals surface area (Å²) >= 11 is 0. The molecule has 4 rings (SSSR count). The average Bonchev–Trinajstić information content (AvgIpc) is 3.12. The molecule has 0 aliphatic carbocycles. The number of hydrogen-bond donors (Lipinski definition) is 2. The third-order valence-electron chi connectivity index (χ3n) is 7.42. The van der Waals surface area contributed by atoms with Gasteiger partial charge in [-0.05, 0) is 75.9 Å². The molecule has 1 unspecified atom stereocenters. The van der Waals surface area contributed by atoms with Crippen molar-refractivity contribution in [3.05, 3.63) is 108 Å². The Hall–Kier alpha value is -3.73. The number of hydrogen-bond acceptors (Lipinski definition) is 5. The Morgan fingerprint density at radius 3 is 2.70 bits per heavy atom. The van der Waals surface area contributed by atoms with Gasteiger partial charge in [0.15, 0.2) is 5.82 Å². The summed E-state index contributed by atoms with van der Waals surface area (Å²) in [6.45, 7) is 6.83. The van der Waals surface area contributed by atoms with E-state index in [1.165, 1.54) is 6.08 Å². The number of allylic oxidation sites excluding steroid dienone is 8. The van der Waals surface area contributed by atoms with E-state index in [2.05, 4.69) is 76.8 Å². The number of benzene rings is 1. The van der Waals surface area contributed by atoms with E-state index < -0.39 is 0 Å². The smallest absolute Gasteiger partial charge is 0.159 e. The Morgan fingerprint density at radius 1 is 1.18 bits per heavy atom. The second-order valence-corrected chi connectivity index (χ2v) is 10.4. The molecule has 40 heavy (non-hydrogen) atoms. The average molecular weight is 540 g/mol. The van der Waals surface area contributed by atoms with E-state index in [0.29, 0.717) is 24.8 Å². The summed E-state index contributed by atoms with van der Waals surface area (Å²) in [6.07, 6.45) is 23.7. The number of nitrogens with zero attached hydrogens (tertiary/aromatic N) is 3. The number of anilines is 1. The lowest BCUT2D eigenvalue weighted by Crippen LogP contribution is -2.41. The van der Waals surface area contributed by atoms with Crippen LogP contribution in [0.3, 0.4) is 0 Å². The van der Waals surface area contributed by atoms with E-state index in [1.54, 1.807) is 6.08 Å². The number of aryl methyl sites for hydroxylation is 1. The van der Waals surface area contributed by atoms with Gasteiger partial charge in [0.05, 0.1) is 18.1 Å². The fourth-order valence-corrected chi connectivity index (χ4v) is 5.20. The molecule has 5 nitrogen and oxygen atoms in total. The summed E-state index contributed by atoms with van der Waals surface area (Å²) in [5.74, 6) is 0.387. The van der Waals surface area contributed by atoms with Gasteiger partial charge in [-0.2, -0.15) is 0 Å². The van der Waals surface area contributed by atoms with E-state index in [4.69, 9.17) is 9.97 Å². The lowest BCUT2D eigenvalue weighted by Gasteiger charge is -2.33. The SMILES string of the molecule is CCC=C=C/C(F)=C\CC(/C1=C/C/C=C\C=C/CN1)c1cc(C)cc(-c2ncc(N3CCC(NC)CC3)cn2)c1. The monoisotopic (exact) mass is 539 g/mol. The maximum absolute atomic E-state index is 14.7. The molecule has 0 radical (unpaired) electrons. The highest BCUT2D eigenvalue weighted by Crippen LogP contribution is 2.32. The zero-order valence-corrected chi connectivity index (χ0v) is 24.0. The highest BCUT2D eigenvalue weighted by molar-refractivity contribution is 5.60. The van der Waals surface area contributed by atoms with Gasteiger partial charge in [-0.1, -0.05) is 48.9 Å². The molecule has 1 aromatic heterocycles. The van der Waals surface area contributed by atoms with Crippen molar-refractivity contribution >= 4 is 5.69 Å². The molecule has 0 amide bonds. The van der Waals surface area contributed by atoms with Crippen LogP contribution in [0.1, 0.15) is 56.1 Å². The molecule has 3 heterocycles. The molecule has 6 heteroatoms. The fourth-order valence-electron chi connectivity index (χ4n) is 5.20. The van der Waals surface area contributed by atoms with Crippen molar-refractivity contribution in [2.24, 2.45) is 0 Å². The van der Waals surface area contributed by atoms with Crippen molar-refractivity contribution in [3.63, 3.8) is 0 Å². The standard InChI is InChI=1S/C34H42FN5/c1-4-5-9-12-29(35)14-15-32(33-13-10-7-6-8-11-18-37-33)27-21-26(2)22-28(23-27)34-38-24-31(25-39-34)40-19-16-30(36-3)17-20-40/h5-8,11-14,21-25,30,32,36-37H,4,10,15-20H2,1-3H3/b7-6-,11-8-,29-14+,33-13-. The number of piperidine rings is 1. The molecule has 210 valence electrons. The Balaban J connectivity index is 1.62. The highest BCUT2D eigenvalue weighted by Gasteiger charge is 2.20. The first-order chi connectivity index (χ1) is 19.6. The minimum atomic E-state index is -0.274. The lowest BCUT2D eigenvalue weighted by atomic mass is 9.88. The van der Waals surface area contributed by atoms with Crippen molar-refractivity contribution in [2.75, 3.05) is 31.6 Å². The Morgan fingerprint density at radius 2 is 1.95 bits per heavy atom. The molecule has 2 aromatic rings. The van der Waals surface area contributed by atoms with Gasteiger partial charge in [0.2, 0.25) is 0 Å². The molecule has 2 aliphatic heterocycles. The van der Waals surface area contributed by atoms with Crippen molar-refractivity contribution in [2.45, 2.75) is 57.9 Å². The quantitative estimate of drug-likeness (QED) is 0.263. The van der Waals surface area contributed by atoms with E-state index >= 15 is 0 Å². The zero-order chi connectivity index (χ0) is 28.2. The van der Waals surface area contributed by atoms with Gasteiger partial charge in [-0.15, -0.1) is 5.73 Å². The van der Waals surface area contributed by atoms with Gasteiger partial charge in [-0.25, -0.2) is 14.4 Å². The normalized spacial score (nSPS) is 20.1. The zero-order valence-electron chi connectivity index (χ0n) is 24.0. The second-order valence-electron chi connectivity index (χ2n) is 10.4. The molecule has 0 saturated carbocycles. The topological polar surface area (TPSA) is 53.1 Å². The number of nitrogens with one attached hydrogen (secondary N) is 2. The molecule has 0 spiro atoms. The predicted molar refractivity (Wildman–Crippen MR) is 165 cm³/mol. The summed E-state index contributed by atoms with van der Waals surface area (Å²) in [4.78, 5) is 11.9. The lowest BCUT2D eigenvalue weighted by molar-refractivity contribution is 0.442. The number of aromatic nitrogens is 2. The molecule has 1 saturated heterocycles. The van der Waals surface area contributed by atoms with Crippen LogP contribution in [-0.2, 0) is 0 Å². The maximum Gasteiger partial charge on any atom is 0.159 e. The summed E-state index contributed by atoms with van der Waals surface area (Å²) < 4.78 is 14.7. The van der Waals surface area contributed by atoms with Gasteiger partial charge < -0.3 is 15.5 Å². The van der Waals surface area contributed by atoms with Crippen molar-refractivity contribution in [3.8, 4) is 11.4 Å². The van der Waals surface area contributed by atoms with Crippen molar-refractivity contribution in [1.29, 1.82) is 0 Å². The van der Waals surface area contributed by atoms with Crippen molar-refractivity contribution < 1.29 is 4.39 Å². The molecule has 1 atom stereocenters. The first-order valence-corrected chi connectivity index (χ1v) is 14.5. The fraction of sp³-hybridized carbons (Fsp3) is 0.382. The molecule has 1 aromatic carbocycles. The summed E-state index contributed by atoms with van der Waals surface area (Å²) in [5.41, 5.74) is 8.27. The van der Waals surface area contributed by atoms with E-state index in [0.717, 1.165) is 66.8 Å². The molecular weight excluding hydrogens is 497 g/mol. The van der Waals surface area contributed by atoms with Gasteiger partial charge in [0.1, 0.15) is 5.83 Å². The van der Waals surface area contributed by atoms with Crippen LogP contribution in [0.15, 0.2) is 96.5 Å². The van der Waals surface area contributed by atoms with E-state index in [-0.39, 0.29) is 11.7 Å². The minimum Gasteiger partial charge on any atom is -0.385 e. The molecule has 2 aliphatic rings. The molecule has 2 N–H and O–H groups in total. The predicted octanol–water partition coefficient (Wildman–Crippen LogP) is 7.08. The van der Waals surface area contributed by atoms with Gasteiger partial charge >= 0.3 is 0 Å². The van der Waals surface area contributed by atoms with Crippen LogP contribution in [0.25, 0.3) is 11.4 Å². The van der Waals surface area contributed by atoms with Crippen LogP contribution >= 0.6 is 0 Å². The third kappa shape index (κ3) is 8.38. The van der Waals surface area contributed by atoms with Crippen LogP contribution < -0.4 is 15.5 Å². The van der Waals surface area contributed by atoms with Crippen LogP contribution in [0.5, 0.6) is 0 Å². The number of rotatable bonds is 9. The minimum absolute atomic E-state index is 0.0411. The van der Waals surface area contributed by atoms with Crippen LogP contribution in [-0.4, -0.2) is 42.7 Å². The van der Waals surface area contributed by atoms with Crippen LogP contribution in [0.2, 0.25) is 0 Å². The van der Waals surface area contributed by atoms with Crippen LogP contribution in [0.4, 0.5) is 10.1 Å². The van der Waals surface area contributed by atoms with Gasteiger partial charge in [0.25, 0.3) is 0 Å². The summed E-state index contributed by atoms with van der Waals surface area (Å²) in [5, 5.41) is 6.96. The largest absolute Gasteiger partial charge is 0.385 e. The second kappa shape index (κ2) is 15.2. The summed E-state index contributed by atoms with van der Waals surface area (Å²) in [6, 6.07) is 7.05. The molecule has 0 bridgehead atoms. The molecule has 1 fully saturated rings. The maximum atomic E-state index is 14.7.